The summed E-state index contributed by atoms with van der Waals surface area (Å²) in [5, 5.41) is 11.4. The van der Waals surface area contributed by atoms with E-state index in [0.29, 0.717) is 12.5 Å². The molecule has 1 amide bonds. The number of fused-ring (bicyclic) bond motifs is 1. The summed E-state index contributed by atoms with van der Waals surface area (Å²) >= 11 is 0. The van der Waals surface area contributed by atoms with E-state index >= 15 is 0 Å². The van der Waals surface area contributed by atoms with Crippen LogP contribution in [0.3, 0.4) is 0 Å². The number of carboxylic acid groups (broad SMARTS) is 1. The van der Waals surface area contributed by atoms with Crippen LogP contribution in [0.1, 0.15) is 19.3 Å². The Morgan fingerprint density at radius 1 is 1.44 bits per heavy atom. The largest absolute Gasteiger partial charge is 0.481 e. The Morgan fingerprint density at radius 3 is 2.89 bits per heavy atom. The molecule has 18 heavy (non-hydrogen) atoms. The Bertz CT molecular complexity index is 332. The second kappa shape index (κ2) is 5.67. The Kier molecular flexibility index (Phi) is 4.19. The summed E-state index contributed by atoms with van der Waals surface area (Å²) in [7, 11) is 1.63. The van der Waals surface area contributed by atoms with Crippen molar-refractivity contribution in [2.75, 3.05) is 20.3 Å². The molecule has 2 rings (SSSR count). The highest BCUT2D eigenvalue weighted by Crippen LogP contribution is 2.43. The predicted octanol–water partition coefficient (Wildman–Crippen LogP) is 0.0173. The molecule has 0 aromatic rings. The lowest BCUT2D eigenvalue weighted by atomic mass is 9.67. The Balaban J connectivity index is 1.83. The molecule has 102 valence electrons. The van der Waals surface area contributed by atoms with Gasteiger partial charge in [0.05, 0.1) is 19.1 Å². The van der Waals surface area contributed by atoms with E-state index in [4.69, 9.17) is 14.6 Å². The van der Waals surface area contributed by atoms with Crippen molar-refractivity contribution in [3.63, 3.8) is 0 Å². The van der Waals surface area contributed by atoms with Gasteiger partial charge in [0.25, 0.3) is 0 Å². The first-order valence-corrected chi connectivity index (χ1v) is 6.25. The topological polar surface area (TPSA) is 84.9 Å². The van der Waals surface area contributed by atoms with Crippen LogP contribution in [0.25, 0.3) is 0 Å². The molecule has 0 spiro atoms. The van der Waals surface area contributed by atoms with Crippen molar-refractivity contribution in [3.05, 3.63) is 0 Å². The van der Waals surface area contributed by atoms with Crippen molar-refractivity contribution in [2.45, 2.75) is 31.4 Å². The molecule has 4 atom stereocenters. The lowest BCUT2D eigenvalue weighted by Crippen LogP contribution is -2.62. The number of amides is 1. The molecule has 0 radical (unpaired) electrons. The maximum atomic E-state index is 11.6. The van der Waals surface area contributed by atoms with E-state index in [9.17, 15) is 9.59 Å². The third kappa shape index (κ3) is 2.64. The van der Waals surface area contributed by atoms with Gasteiger partial charge in [0.1, 0.15) is 0 Å². The van der Waals surface area contributed by atoms with Gasteiger partial charge in [-0.25, -0.2) is 0 Å². The van der Waals surface area contributed by atoms with Crippen LogP contribution in [-0.2, 0) is 19.1 Å². The average Bonchev–Trinajstić information content (AvgIpc) is 2.75. The van der Waals surface area contributed by atoms with Gasteiger partial charge in [0.15, 0.2) is 0 Å². The molecule has 6 heteroatoms. The second-order valence-corrected chi connectivity index (χ2v) is 4.89. The monoisotopic (exact) mass is 257 g/mol. The van der Waals surface area contributed by atoms with Gasteiger partial charge < -0.3 is 19.9 Å². The van der Waals surface area contributed by atoms with Gasteiger partial charge in [0.2, 0.25) is 5.91 Å². The average molecular weight is 257 g/mol. The van der Waals surface area contributed by atoms with Crippen LogP contribution in [0.2, 0.25) is 0 Å². The van der Waals surface area contributed by atoms with Crippen LogP contribution < -0.4 is 5.32 Å². The number of nitrogens with one attached hydrogen (secondary N) is 1. The number of ether oxygens (including phenoxy) is 2. The van der Waals surface area contributed by atoms with E-state index in [0.717, 1.165) is 13.0 Å². The van der Waals surface area contributed by atoms with Gasteiger partial charge in [-0.05, 0) is 6.42 Å². The van der Waals surface area contributed by atoms with Crippen molar-refractivity contribution >= 4 is 11.9 Å². The van der Waals surface area contributed by atoms with Gasteiger partial charge in [-0.3, -0.25) is 9.59 Å². The molecule has 1 heterocycles. The highest BCUT2D eigenvalue weighted by molar-refractivity contribution is 5.81. The van der Waals surface area contributed by atoms with E-state index in [-0.39, 0.29) is 36.8 Å². The minimum Gasteiger partial charge on any atom is -0.481 e. The van der Waals surface area contributed by atoms with Crippen molar-refractivity contribution in [3.8, 4) is 0 Å². The number of hydrogen-bond acceptors (Lipinski definition) is 4. The quantitative estimate of drug-likeness (QED) is 0.700. The molecule has 2 fully saturated rings. The predicted molar refractivity (Wildman–Crippen MR) is 62.0 cm³/mol. The SMILES string of the molecule is COC[C@@H]1[C@@H](NC(=O)CCC(=O)O)[C@@H]2CCO[C@H]12. The van der Waals surface area contributed by atoms with Gasteiger partial charge in [-0.2, -0.15) is 0 Å². The maximum absolute atomic E-state index is 11.6. The summed E-state index contributed by atoms with van der Waals surface area (Å²) < 4.78 is 10.7. The summed E-state index contributed by atoms with van der Waals surface area (Å²) in [6, 6.07) is 0.0683. The zero-order chi connectivity index (χ0) is 13.1. The highest BCUT2D eigenvalue weighted by atomic mass is 16.5. The van der Waals surface area contributed by atoms with Gasteiger partial charge >= 0.3 is 5.97 Å². The number of carbonyl (C=O) groups excluding carboxylic acids is 1. The van der Waals surface area contributed by atoms with Gasteiger partial charge in [-0.15, -0.1) is 0 Å². The zero-order valence-corrected chi connectivity index (χ0v) is 10.4. The third-order valence-electron chi connectivity index (χ3n) is 3.78. The first-order chi connectivity index (χ1) is 8.63. The molecule has 1 aliphatic heterocycles. The normalized spacial score (nSPS) is 33.6. The first kappa shape index (κ1) is 13.3. The highest BCUT2D eigenvalue weighted by Gasteiger charge is 2.54. The van der Waals surface area contributed by atoms with E-state index in [1.807, 2.05) is 0 Å². The molecule has 1 saturated heterocycles. The minimum absolute atomic E-state index is 0.0315. The molecule has 1 saturated carbocycles. The molecule has 0 unspecified atom stereocenters. The lowest BCUT2D eigenvalue weighted by Gasteiger charge is -2.47. The lowest BCUT2D eigenvalue weighted by molar-refractivity contribution is -0.140. The fraction of sp³-hybridized carbons (Fsp3) is 0.833. The number of methoxy groups -OCH3 is 1. The van der Waals surface area contributed by atoms with E-state index < -0.39 is 5.97 Å². The number of carbonyl (C=O) groups is 2. The van der Waals surface area contributed by atoms with Gasteiger partial charge in [-0.1, -0.05) is 0 Å². The van der Waals surface area contributed by atoms with Crippen LogP contribution in [0.15, 0.2) is 0 Å². The summed E-state index contributed by atoms with van der Waals surface area (Å²) in [6.07, 6.45) is 1.05. The van der Waals surface area contributed by atoms with Crippen molar-refractivity contribution in [1.82, 2.24) is 5.32 Å². The molecular weight excluding hydrogens is 238 g/mol. The molecule has 2 aliphatic rings. The maximum Gasteiger partial charge on any atom is 0.303 e. The third-order valence-corrected chi connectivity index (χ3v) is 3.78. The van der Waals surface area contributed by atoms with Crippen molar-refractivity contribution < 1.29 is 24.2 Å². The Labute approximate surface area is 106 Å². The fourth-order valence-corrected chi connectivity index (χ4v) is 2.91. The summed E-state index contributed by atoms with van der Waals surface area (Å²) in [5.41, 5.74) is 0. The molecule has 0 aromatic heterocycles. The zero-order valence-electron chi connectivity index (χ0n) is 10.4. The number of rotatable bonds is 6. The summed E-state index contributed by atoms with van der Waals surface area (Å²) in [5.74, 6) is -0.599. The van der Waals surface area contributed by atoms with Crippen LogP contribution in [0.5, 0.6) is 0 Å². The summed E-state index contributed by atoms with van der Waals surface area (Å²) in [6.45, 7) is 1.29. The fourth-order valence-electron chi connectivity index (χ4n) is 2.91. The smallest absolute Gasteiger partial charge is 0.303 e. The van der Waals surface area contributed by atoms with Crippen molar-refractivity contribution in [2.24, 2.45) is 11.8 Å². The molecule has 2 N–H and O–H groups in total. The van der Waals surface area contributed by atoms with E-state index in [1.54, 1.807) is 7.11 Å². The van der Waals surface area contributed by atoms with Crippen LogP contribution in [0.4, 0.5) is 0 Å². The molecule has 0 aromatic carbocycles. The molecule has 0 bridgehead atoms. The summed E-state index contributed by atoms with van der Waals surface area (Å²) in [4.78, 5) is 22.0. The number of aliphatic carboxylic acids is 1. The molecule has 1 aliphatic carbocycles. The van der Waals surface area contributed by atoms with E-state index in [2.05, 4.69) is 5.32 Å². The number of hydrogen-bond donors (Lipinski definition) is 2. The Morgan fingerprint density at radius 2 is 2.22 bits per heavy atom. The van der Waals surface area contributed by atoms with E-state index in [1.165, 1.54) is 0 Å². The Hall–Kier alpha value is -1.14. The van der Waals surface area contributed by atoms with Crippen LogP contribution in [-0.4, -0.2) is 49.5 Å². The second-order valence-electron chi connectivity index (χ2n) is 4.89. The van der Waals surface area contributed by atoms with Crippen molar-refractivity contribution in [1.29, 1.82) is 0 Å². The number of carboxylic acids is 1. The first-order valence-electron chi connectivity index (χ1n) is 6.25. The molecule has 6 nitrogen and oxygen atoms in total. The molecular formula is C12H19NO5. The van der Waals surface area contributed by atoms with Gasteiger partial charge in [0, 0.05) is 38.0 Å². The van der Waals surface area contributed by atoms with Crippen LogP contribution >= 0.6 is 0 Å². The standard InChI is InChI=1S/C12H19NO5/c1-17-6-8-11(7-4-5-18-12(7)8)13-9(14)2-3-10(15)16/h7-8,11-12H,2-6H2,1H3,(H,13,14)(H,15,16)/t7-,8+,11-,12-/m0/s1. The van der Waals surface area contributed by atoms with Crippen LogP contribution in [0, 0.1) is 11.8 Å². The minimum atomic E-state index is -0.950.